The van der Waals surface area contributed by atoms with Crippen LogP contribution < -0.4 is 11.1 Å². The van der Waals surface area contributed by atoms with Crippen molar-refractivity contribution in [2.24, 2.45) is 10.7 Å². The van der Waals surface area contributed by atoms with Crippen LogP contribution in [0, 0.1) is 13.8 Å². The zero-order valence-corrected chi connectivity index (χ0v) is 20.0. The van der Waals surface area contributed by atoms with E-state index in [1.54, 1.807) is 24.9 Å². The fourth-order valence-electron chi connectivity index (χ4n) is 4.21. The molecule has 8 heteroatoms. The molecule has 0 aliphatic carbocycles. The normalized spacial score (nSPS) is 19.0. The van der Waals surface area contributed by atoms with Gasteiger partial charge in [-0.2, -0.15) is 0 Å². The number of aliphatic imine (C=N–C) groups is 1. The van der Waals surface area contributed by atoms with E-state index >= 15 is 0 Å². The van der Waals surface area contributed by atoms with Crippen LogP contribution in [0.1, 0.15) is 30.3 Å². The summed E-state index contributed by atoms with van der Waals surface area (Å²) in [6.45, 7) is 5.89. The molecule has 0 saturated heterocycles. The first-order chi connectivity index (χ1) is 16.3. The van der Waals surface area contributed by atoms with Crippen molar-refractivity contribution in [3.63, 3.8) is 0 Å². The van der Waals surface area contributed by atoms with Gasteiger partial charge in [0.2, 0.25) is 0 Å². The summed E-state index contributed by atoms with van der Waals surface area (Å²) in [6, 6.07) is 11.6. The third kappa shape index (κ3) is 4.08. The lowest BCUT2D eigenvalue weighted by molar-refractivity contribution is 0.509. The molecule has 1 aliphatic heterocycles. The minimum absolute atomic E-state index is 0.259. The molecule has 34 heavy (non-hydrogen) atoms. The topological polar surface area (TPSA) is 102 Å². The molecule has 4 aromatic rings. The fraction of sp³-hybridized carbons (Fsp3) is 0.231. The van der Waals surface area contributed by atoms with Crippen LogP contribution in [0.2, 0.25) is 0 Å². The van der Waals surface area contributed by atoms with Gasteiger partial charge in [0.15, 0.2) is 0 Å². The number of rotatable bonds is 5. The fourth-order valence-corrected chi connectivity index (χ4v) is 4.48. The average Bonchev–Trinajstić information content (AvgIpc) is 3.21. The van der Waals surface area contributed by atoms with Gasteiger partial charge in [-0.1, -0.05) is 17.7 Å². The van der Waals surface area contributed by atoms with Gasteiger partial charge >= 0.3 is 0 Å². The molecule has 0 bridgehead atoms. The molecule has 7 nitrogen and oxygen atoms in total. The molecule has 0 radical (unpaired) electrons. The van der Waals surface area contributed by atoms with Crippen LogP contribution in [0.15, 0.2) is 70.7 Å². The second kappa shape index (κ2) is 8.66. The Hall–Kier alpha value is -3.55. The zero-order chi connectivity index (χ0) is 23.9. The van der Waals surface area contributed by atoms with E-state index in [4.69, 9.17) is 21.8 Å². The molecule has 2 unspecified atom stereocenters. The number of nitrogens with two attached hydrogens (primary N) is 1. The monoisotopic (exact) mass is 472 g/mol. The molecule has 1 aliphatic rings. The van der Waals surface area contributed by atoms with Crippen LogP contribution in [-0.2, 0) is 0 Å². The van der Waals surface area contributed by atoms with Crippen molar-refractivity contribution in [1.82, 2.24) is 15.0 Å². The third-order valence-corrected chi connectivity index (χ3v) is 6.72. The Morgan fingerprint density at radius 1 is 1.15 bits per heavy atom. The van der Waals surface area contributed by atoms with Crippen LogP contribution >= 0.6 is 11.6 Å². The Kier molecular flexibility index (Phi) is 5.67. The molecular formula is C26H25ClN6O. The molecular weight excluding hydrogens is 448 g/mol. The Balaban J connectivity index is 1.43. The highest BCUT2D eigenvalue weighted by atomic mass is 35.5. The first kappa shape index (κ1) is 22.3. The van der Waals surface area contributed by atoms with E-state index in [0.29, 0.717) is 23.2 Å². The average molecular weight is 473 g/mol. The number of aromatic nitrogens is 3. The Labute approximate surface area is 202 Å². The van der Waals surface area contributed by atoms with Crippen molar-refractivity contribution in [1.29, 1.82) is 0 Å². The van der Waals surface area contributed by atoms with Gasteiger partial charge in [-0.3, -0.25) is 4.98 Å². The first-order valence-electron chi connectivity index (χ1n) is 11.1. The van der Waals surface area contributed by atoms with E-state index in [-0.39, 0.29) is 6.04 Å². The van der Waals surface area contributed by atoms with Gasteiger partial charge in [-0.05, 0) is 61.7 Å². The summed E-state index contributed by atoms with van der Waals surface area (Å²) in [5, 5.41) is 4.87. The van der Waals surface area contributed by atoms with Gasteiger partial charge in [0, 0.05) is 48.1 Å². The van der Waals surface area contributed by atoms with Crippen molar-refractivity contribution in [3.8, 4) is 11.3 Å². The predicted molar refractivity (Wildman–Crippen MR) is 137 cm³/mol. The highest BCUT2D eigenvalue weighted by Crippen LogP contribution is 2.33. The minimum atomic E-state index is -0.909. The molecule has 1 aromatic carbocycles. The second-order valence-electron chi connectivity index (χ2n) is 8.71. The molecule has 4 heterocycles. The summed E-state index contributed by atoms with van der Waals surface area (Å²) < 4.78 is 5.58. The number of aryl methyl sites for hydroxylation is 2. The van der Waals surface area contributed by atoms with E-state index in [2.05, 4.69) is 31.3 Å². The van der Waals surface area contributed by atoms with E-state index in [0.717, 1.165) is 38.9 Å². The maximum absolute atomic E-state index is 6.84. The van der Waals surface area contributed by atoms with Crippen LogP contribution in [0.4, 0.5) is 5.82 Å². The van der Waals surface area contributed by atoms with Crippen molar-refractivity contribution in [2.75, 3.05) is 5.32 Å². The standard InChI is InChI=1S/C26H25ClN6O/c1-15-14-34-23-7-6-18(9-21(15)23)22-10-24(33-17(3)32-22)31-16(2)26(28)11-20(13-30-25(26)27)19-5-4-8-29-12-19/h4-10,12-14,16H,11,28H2,1-3H3,(H,31,32,33). The number of halogens is 1. The summed E-state index contributed by atoms with van der Waals surface area (Å²) in [5.41, 5.74) is 11.6. The first-order valence-corrected chi connectivity index (χ1v) is 11.4. The highest BCUT2D eigenvalue weighted by molar-refractivity contribution is 6.68. The predicted octanol–water partition coefficient (Wildman–Crippen LogP) is 5.48. The van der Waals surface area contributed by atoms with E-state index in [1.165, 1.54) is 0 Å². The summed E-state index contributed by atoms with van der Waals surface area (Å²) in [4.78, 5) is 17.9. The summed E-state index contributed by atoms with van der Waals surface area (Å²) >= 11 is 6.54. The van der Waals surface area contributed by atoms with Crippen molar-refractivity contribution < 1.29 is 4.42 Å². The van der Waals surface area contributed by atoms with Crippen LogP contribution in [0.5, 0.6) is 0 Å². The quantitative estimate of drug-likeness (QED) is 0.398. The number of nitrogens with zero attached hydrogens (tertiary/aromatic N) is 4. The van der Waals surface area contributed by atoms with Crippen LogP contribution in [0.3, 0.4) is 0 Å². The number of benzene rings is 1. The number of furan rings is 1. The largest absolute Gasteiger partial charge is 0.464 e. The number of anilines is 1. The maximum atomic E-state index is 6.84. The van der Waals surface area contributed by atoms with Gasteiger partial charge in [0.1, 0.15) is 22.4 Å². The number of hydrogen-bond acceptors (Lipinski definition) is 7. The van der Waals surface area contributed by atoms with Gasteiger partial charge in [-0.15, -0.1) is 0 Å². The minimum Gasteiger partial charge on any atom is -0.464 e. The summed E-state index contributed by atoms with van der Waals surface area (Å²) in [5.74, 6) is 1.33. The van der Waals surface area contributed by atoms with Gasteiger partial charge in [0.25, 0.3) is 0 Å². The number of hydrogen-bond donors (Lipinski definition) is 2. The SMILES string of the molecule is Cc1nc(NC(C)C2(N)CC(c3cccnc3)=CN=C2Cl)cc(-c2ccc3occ(C)c3c2)n1. The zero-order valence-electron chi connectivity index (χ0n) is 19.2. The van der Waals surface area contributed by atoms with E-state index < -0.39 is 5.54 Å². The Morgan fingerprint density at radius 3 is 2.79 bits per heavy atom. The Bertz CT molecular complexity index is 1430. The maximum Gasteiger partial charge on any atom is 0.134 e. The summed E-state index contributed by atoms with van der Waals surface area (Å²) in [6.07, 6.45) is 7.58. The van der Waals surface area contributed by atoms with Gasteiger partial charge in [-0.25, -0.2) is 15.0 Å². The van der Waals surface area contributed by atoms with Gasteiger partial charge < -0.3 is 15.5 Å². The summed E-state index contributed by atoms with van der Waals surface area (Å²) in [7, 11) is 0. The lowest BCUT2D eigenvalue weighted by atomic mass is 9.83. The molecule has 172 valence electrons. The molecule has 0 saturated carbocycles. The van der Waals surface area contributed by atoms with Crippen LogP contribution in [-0.4, -0.2) is 31.7 Å². The highest BCUT2D eigenvalue weighted by Gasteiger charge is 2.40. The molecule has 5 rings (SSSR count). The molecule has 3 aromatic heterocycles. The van der Waals surface area contributed by atoms with Crippen LogP contribution in [0.25, 0.3) is 27.8 Å². The van der Waals surface area contributed by atoms with Gasteiger partial charge in [0.05, 0.1) is 17.5 Å². The molecule has 0 amide bonds. The Morgan fingerprint density at radius 2 is 2.00 bits per heavy atom. The third-order valence-electron chi connectivity index (χ3n) is 6.27. The number of nitrogens with one attached hydrogen (secondary N) is 1. The van der Waals surface area contributed by atoms with Crippen molar-refractivity contribution >= 4 is 39.1 Å². The molecule has 2 atom stereocenters. The number of fused-ring (bicyclic) bond motifs is 1. The van der Waals surface area contributed by atoms with Crippen molar-refractivity contribution in [2.45, 2.75) is 38.8 Å². The molecule has 0 fully saturated rings. The molecule has 3 N–H and O–H groups in total. The second-order valence-corrected chi connectivity index (χ2v) is 9.07. The van der Waals surface area contributed by atoms with Crippen molar-refractivity contribution in [3.05, 3.63) is 78.2 Å². The molecule has 0 spiro atoms. The number of pyridine rings is 1. The van der Waals surface area contributed by atoms with E-state index in [1.807, 2.05) is 51.1 Å². The lowest BCUT2D eigenvalue weighted by Gasteiger charge is -2.37. The lowest BCUT2D eigenvalue weighted by Crippen LogP contribution is -2.58. The van der Waals surface area contributed by atoms with E-state index in [9.17, 15) is 0 Å². The smallest absolute Gasteiger partial charge is 0.134 e.